The molecule has 0 spiro atoms. The maximum Gasteiger partial charge on any atom is 0.416 e. The molecule has 6 heteroatoms. The Hall–Kier alpha value is -1.92. The fraction of sp³-hybridized carbons (Fsp3) is 0.353. The molecule has 0 saturated heterocycles. The second-order valence-electron chi connectivity index (χ2n) is 5.75. The largest absolute Gasteiger partial charge is 0.416 e. The monoisotopic (exact) mass is 324 g/mol. The van der Waals surface area contributed by atoms with Gasteiger partial charge < -0.3 is 10.4 Å². The number of aliphatic hydroxyl groups is 1. The SMILES string of the molecule is Cc1ccc(CN[C@@](C)(CO)c2cccc(C(F)(F)F)c2)nc1. The van der Waals surface area contributed by atoms with Crippen molar-refractivity contribution in [3.8, 4) is 0 Å². The van der Waals surface area contributed by atoms with E-state index in [-0.39, 0.29) is 6.61 Å². The molecule has 0 fully saturated rings. The lowest BCUT2D eigenvalue weighted by atomic mass is 9.91. The average molecular weight is 324 g/mol. The molecule has 3 nitrogen and oxygen atoms in total. The maximum atomic E-state index is 12.9. The minimum Gasteiger partial charge on any atom is -0.394 e. The quantitative estimate of drug-likeness (QED) is 0.886. The highest BCUT2D eigenvalue weighted by molar-refractivity contribution is 5.31. The number of aliphatic hydroxyl groups excluding tert-OH is 1. The van der Waals surface area contributed by atoms with Crippen molar-refractivity contribution in [2.24, 2.45) is 0 Å². The Labute approximate surface area is 133 Å². The molecule has 0 saturated carbocycles. The zero-order valence-electron chi connectivity index (χ0n) is 13.0. The van der Waals surface area contributed by atoms with Gasteiger partial charge in [-0.1, -0.05) is 18.2 Å². The van der Waals surface area contributed by atoms with Crippen LogP contribution in [-0.2, 0) is 18.3 Å². The molecule has 0 unspecified atom stereocenters. The number of nitrogens with zero attached hydrogens (tertiary/aromatic N) is 1. The van der Waals surface area contributed by atoms with Crippen molar-refractivity contribution in [1.82, 2.24) is 10.3 Å². The van der Waals surface area contributed by atoms with E-state index in [0.29, 0.717) is 12.1 Å². The van der Waals surface area contributed by atoms with Crippen LogP contribution in [-0.4, -0.2) is 16.7 Å². The Bertz CT molecular complexity index is 656. The van der Waals surface area contributed by atoms with Crippen LogP contribution in [0.2, 0.25) is 0 Å². The zero-order valence-corrected chi connectivity index (χ0v) is 13.0. The van der Waals surface area contributed by atoms with Crippen LogP contribution in [0.5, 0.6) is 0 Å². The first-order chi connectivity index (χ1) is 10.7. The number of pyridine rings is 1. The predicted molar refractivity (Wildman–Crippen MR) is 81.7 cm³/mol. The molecule has 124 valence electrons. The summed E-state index contributed by atoms with van der Waals surface area (Å²) in [5.41, 5.74) is 0.430. The lowest BCUT2D eigenvalue weighted by Crippen LogP contribution is -2.42. The summed E-state index contributed by atoms with van der Waals surface area (Å²) < 4.78 is 38.6. The molecule has 1 heterocycles. The van der Waals surface area contributed by atoms with Crippen molar-refractivity contribution in [2.75, 3.05) is 6.61 Å². The Kier molecular flexibility index (Phi) is 5.06. The van der Waals surface area contributed by atoms with E-state index < -0.39 is 17.3 Å². The molecule has 0 radical (unpaired) electrons. The Balaban J connectivity index is 2.21. The normalized spacial score (nSPS) is 14.5. The van der Waals surface area contributed by atoms with Crippen molar-refractivity contribution in [3.63, 3.8) is 0 Å². The van der Waals surface area contributed by atoms with Gasteiger partial charge in [-0.05, 0) is 43.2 Å². The third-order valence-electron chi connectivity index (χ3n) is 3.78. The molecule has 1 aromatic carbocycles. The van der Waals surface area contributed by atoms with Crippen LogP contribution in [0.25, 0.3) is 0 Å². The predicted octanol–water partition coefficient (Wildman–Crippen LogP) is 3.41. The third-order valence-corrected chi connectivity index (χ3v) is 3.78. The number of hydrogen-bond acceptors (Lipinski definition) is 3. The van der Waals surface area contributed by atoms with E-state index in [9.17, 15) is 18.3 Å². The number of aryl methyl sites for hydroxylation is 1. The summed E-state index contributed by atoms with van der Waals surface area (Å²) in [4.78, 5) is 4.24. The molecule has 0 aliphatic heterocycles. The van der Waals surface area contributed by atoms with Crippen LogP contribution in [0.4, 0.5) is 13.2 Å². The van der Waals surface area contributed by atoms with Crippen LogP contribution in [0.15, 0.2) is 42.6 Å². The van der Waals surface area contributed by atoms with Gasteiger partial charge in [0.1, 0.15) is 0 Å². The molecule has 1 atom stereocenters. The number of halogens is 3. The standard InChI is InChI=1S/C17H19F3N2O/c1-12-6-7-15(21-9-12)10-22-16(2,11-23)13-4-3-5-14(8-13)17(18,19)20/h3-9,22-23H,10-11H2,1-2H3/t16-/m0/s1. The molecule has 0 bridgehead atoms. The van der Waals surface area contributed by atoms with E-state index in [2.05, 4.69) is 10.3 Å². The van der Waals surface area contributed by atoms with Gasteiger partial charge in [-0.15, -0.1) is 0 Å². The first-order valence-corrected chi connectivity index (χ1v) is 7.20. The summed E-state index contributed by atoms with van der Waals surface area (Å²) in [7, 11) is 0. The molecule has 2 rings (SSSR count). The fourth-order valence-corrected chi connectivity index (χ4v) is 2.18. The summed E-state index contributed by atoms with van der Waals surface area (Å²) in [6, 6.07) is 8.74. The van der Waals surface area contributed by atoms with Gasteiger partial charge in [0.25, 0.3) is 0 Å². The van der Waals surface area contributed by atoms with Gasteiger partial charge in [0.2, 0.25) is 0 Å². The van der Waals surface area contributed by atoms with Crippen LogP contribution < -0.4 is 5.32 Å². The van der Waals surface area contributed by atoms with Crippen LogP contribution in [0, 0.1) is 6.92 Å². The van der Waals surface area contributed by atoms with Gasteiger partial charge in [-0.2, -0.15) is 13.2 Å². The van der Waals surface area contributed by atoms with E-state index in [1.165, 1.54) is 6.07 Å². The minimum absolute atomic E-state index is 0.333. The molecule has 23 heavy (non-hydrogen) atoms. The van der Waals surface area contributed by atoms with E-state index in [0.717, 1.165) is 23.4 Å². The van der Waals surface area contributed by atoms with Crippen molar-refractivity contribution < 1.29 is 18.3 Å². The Morgan fingerprint density at radius 3 is 2.39 bits per heavy atom. The van der Waals surface area contributed by atoms with Crippen LogP contribution in [0.3, 0.4) is 0 Å². The van der Waals surface area contributed by atoms with Crippen LogP contribution >= 0.6 is 0 Å². The topological polar surface area (TPSA) is 45.1 Å². The van der Waals surface area contributed by atoms with Gasteiger partial charge in [0.15, 0.2) is 0 Å². The van der Waals surface area contributed by atoms with Gasteiger partial charge >= 0.3 is 6.18 Å². The molecule has 2 N–H and O–H groups in total. The zero-order chi connectivity index (χ0) is 17.1. The van der Waals surface area contributed by atoms with Crippen LogP contribution in [0.1, 0.15) is 29.3 Å². The molecule has 1 aromatic heterocycles. The van der Waals surface area contributed by atoms with Gasteiger partial charge in [-0.25, -0.2) is 0 Å². The smallest absolute Gasteiger partial charge is 0.394 e. The second kappa shape index (κ2) is 6.68. The lowest BCUT2D eigenvalue weighted by Gasteiger charge is -2.30. The van der Waals surface area contributed by atoms with Crippen molar-refractivity contribution in [2.45, 2.75) is 32.1 Å². The number of aromatic nitrogens is 1. The Morgan fingerprint density at radius 2 is 1.83 bits per heavy atom. The van der Waals surface area contributed by atoms with E-state index in [1.807, 2.05) is 19.1 Å². The molecule has 0 aliphatic carbocycles. The first-order valence-electron chi connectivity index (χ1n) is 7.20. The lowest BCUT2D eigenvalue weighted by molar-refractivity contribution is -0.137. The van der Waals surface area contributed by atoms with Crippen molar-refractivity contribution >= 4 is 0 Å². The molecular formula is C17H19F3N2O. The highest BCUT2D eigenvalue weighted by Crippen LogP contribution is 2.32. The van der Waals surface area contributed by atoms with E-state index in [1.54, 1.807) is 19.2 Å². The summed E-state index contributed by atoms with van der Waals surface area (Å²) in [5.74, 6) is 0. The third kappa shape index (κ3) is 4.30. The molecule has 2 aromatic rings. The van der Waals surface area contributed by atoms with Gasteiger partial charge in [0.05, 0.1) is 23.4 Å². The van der Waals surface area contributed by atoms with Gasteiger partial charge in [0, 0.05) is 12.7 Å². The Morgan fingerprint density at radius 1 is 1.13 bits per heavy atom. The highest BCUT2D eigenvalue weighted by atomic mass is 19.4. The molecular weight excluding hydrogens is 305 g/mol. The number of nitrogens with one attached hydrogen (secondary N) is 1. The maximum absolute atomic E-state index is 12.9. The molecule has 0 aliphatic rings. The molecule has 0 amide bonds. The number of benzene rings is 1. The highest BCUT2D eigenvalue weighted by Gasteiger charge is 2.33. The van der Waals surface area contributed by atoms with Crippen molar-refractivity contribution in [3.05, 3.63) is 65.0 Å². The second-order valence-corrected chi connectivity index (χ2v) is 5.75. The summed E-state index contributed by atoms with van der Waals surface area (Å²) in [6.07, 6.45) is -2.69. The van der Waals surface area contributed by atoms with Gasteiger partial charge in [-0.3, -0.25) is 4.98 Å². The average Bonchev–Trinajstić information content (AvgIpc) is 2.53. The fourth-order valence-electron chi connectivity index (χ4n) is 2.18. The summed E-state index contributed by atoms with van der Waals surface area (Å²) in [6.45, 7) is 3.59. The minimum atomic E-state index is -4.41. The first kappa shape index (κ1) is 17.4. The number of alkyl halides is 3. The number of hydrogen-bond donors (Lipinski definition) is 2. The number of rotatable bonds is 5. The summed E-state index contributed by atoms with van der Waals surface area (Å²) in [5, 5.41) is 12.8. The summed E-state index contributed by atoms with van der Waals surface area (Å²) >= 11 is 0. The van der Waals surface area contributed by atoms with E-state index >= 15 is 0 Å². The van der Waals surface area contributed by atoms with E-state index in [4.69, 9.17) is 0 Å². The van der Waals surface area contributed by atoms with Crippen molar-refractivity contribution in [1.29, 1.82) is 0 Å².